The Kier molecular flexibility index (Phi) is 2.28. The monoisotopic (exact) mass is 236 g/mol. The minimum absolute atomic E-state index is 0.242. The SMILES string of the molecule is O=C1CCC2CNc3cc(CCl)ccc3N12. The quantitative estimate of drug-likeness (QED) is 0.760. The molecule has 84 valence electrons. The molecule has 3 nitrogen and oxygen atoms in total. The molecule has 3 rings (SSSR count). The summed E-state index contributed by atoms with van der Waals surface area (Å²) in [7, 11) is 0. The van der Waals surface area contributed by atoms with E-state index >= 15 is 0 Å². The molecule has 0 radical (unpaired) electrons. The van der Waals surface area contributed by atoms with Crippen LogP contribution in [-0.2, 0) is 10.7 Å². The number of carbonyl (C=O) groups excluding carboxylic acids is 1. The van der Waals surface area contributed by atoms with Crippen LogP contribution in [0, 0.1) is 0 Å². The van der Waals surface area contributed by atoms with E-state index in [1.807, 2.05) is 23.1 Å². The molecule has 1 aromatic rings. The van der Waals surface area contributed by atoms with Gasteiger partial charge in [0.05, 0.1) is 17.4 Å². The average Bonchev–Trinajstić information content (AvgIpc) is 2.70. The molecule has 0 saturated carbocycles. The molecular formula is C12H13ClN2O. The summed E-state index contributed by atoms with van der Waals surface area (Å²) >= 11 is 5.80. The molecule has 4 heteroatoms. The summed E-state index contributed by atoms with van der Waals surface area (Å²) in [6.07, 6.45) is 1.63. The van der Waals surface area contributed by atoms with E-state index < -0.39 is 0 Å². The van der Waals surface area contributed by atoms with Gasteiger partial charge in [-0.1, -0.05) is 6.07 Å². The Hall–Kier alpha value is -1.22. The van der Waals surface area contributed by atoms with E-state index in [2.05, 4.69) is 5.32 Å². The van der Waals surface area contributed by atoms with Gasteiger partial charge in [-0.2, -0.15) is 0 Å². The molecule has 1 aromatic carbocycles. The van der Waals surface area contributed by atoms with Gasteiger partial charge >= 0.3 is 0 Å². The Balaban J connectivity index is 2.05. The summed E-state index contributed by atoms with van der Waals surface area (Å²) in [6, 6.07) is 6.35. The first-order valence-corrected chi connectivity index (χ1v) is 6.08. The number of hydrogen-bond acceptors (Lipinski definition) is 2. The van der Waals surface area contributed by atoms with Gasteiger partial charge in [-0.05, 0) is 24.1 Å². The number of fused-ring (bicyclic) bond motifs is 3. The van der Waals surface area contributed by atoms with Crippen molar-refractivity contribution in [2.24, 2.45) is 0 Å². The highest BCUT2D eigenvalue weighted by molar-refractivity contribution is 6.17. The maximum absolute atomic E-state index is 11.8. The Morgan fingerprint density at radius 2 is 2.38 bits per heavy atom. The normalized spacial score (nSPS) is 22.7. The molecule has 0 aromatic heterocycles. The Bertz CT molecular complexity index is 447. The van der Waals surface area contributed by atoms with Gasteiger partial charge < -0.3 is 10.2 Å². The zero-order valence-electron chi connectivity index (χ0n) is 8.87. The van der Waals surface area contributed by atoms with Crippen molar-refractivity contribution in [3.63, 3.8) is 0 Å². The standard InChI is InChI=1S/C12H13ClN2O/c13-6-8-1-3-11-10(5-8)14-7-9-2-4-12(16)15(9)11/h1,3,5,9,14H,2,4,6-7H2. The van der Waals surface area contributed by atoms with Crippen LogP contribution in [0.3, 0.4) is 0 Å². The van der Waals surface area contributed by atoms with E-state index in [1.165, 1.54) is 0 Å². The van der Waals surface area contributed by atoms with Crippen molar-refractivity contribution in [1.82, 2.24) is 0 Å². The fraction of sp³-hybridized carbons (Fsp3) is 0.417. The highest BCUT2D eigenvalue weighted by Gasteiger charge is 2.35. The maximum atomic E-state index is 11.8. The molecule has 1 saturated heterocycles. The van der Waals surface area contributed by atoms with Gasteiger partial charge in [0.1, 0.15) is 0 Å². The van der Waals surface area contributed by atoms with Gasteiger partial charge in [0.15, 0.2) is 0 Å². The number of nitrogens with zero attached hydrogens (tertiary/aromatic N) is 1. The van der Waals surface area contributed by atoms with Crippen LogP contribution in [0.25, 0.3) is 0 Å². The first-order valence-electron chi connectivity index (χ1n) is 5.54. The van der Waals surface area contributed by atoms with E-state index in [0.717, 1.165) is 29.9 Å². The van der Waals surface area contributed by atoms with E-state index in [9.17, 15) is 4.79 Å². The van der Waals surface area contributed by atoms with Crippen LogP contribution >= 0.6 is 11.6 Å². The molecule has 1 N–H and O–H groups in total. The lowest BCUT2D eigenvalue weighted by Gasteiger charge is -2.33. The van der Waals surface area contributed by atoms with E-state index in [4.69, 9.17) is 11.6 Å². The summed E-state index contributed by atoms with van der Waals surface area (Å²) in [4.78, 5) is 13.7. The zero-order valence-corrected chi connectivity index (χ0v) is 9.63. The van der Waals surface area contributed by atoms with Gasteiger partial charge in [0.25, 0.3) is 0 Å². The second kappa shape index (κ2) is 3.67. The topological polar surface area (TPSA) is 32.3 Å². The van der Waals surface area contributed by atoms with Crippen molar-refractivity contribution in [2.75, 3.05) is 16.8 Å². The van der Waals surface area contributed by atoms with Crippen LogP contribution in [-0.4, -0.2) is 18.5 Å². The molecular weight excluding hydrogens is 224 g/mol. The maximum Gasteiger partial charge on any atom is 0.227 e. The van der Waals surface area contributed by atoms with Crippen molar-refractivity contribution < 1.29 is 4.79 Å². The van der Waals surface area contributed by atoms with Crippen LogP contribution in [0.4, 0.5) is 11.4 Å². The number of amides is 1. The molecule has 0 aliphatic carbocycles. The Morgan fingerprint density at radius 1 is 1.50 bits per heavy atom. The largest absolute Gasteiger partial charge is 0.381 e. The molecule has 0 spiro atoms. The second-order valence-electron chi connectivity index (χ2n) is 4.32. The molecule has 1 unspecified atom stereocenters. The molecule has 2 heterocycles. The number of alkyl halides is 1. The lowest BCUT2D eigenvalue weighted by Crippen LogP contribution is -2.41. The fourth-order valence-electron chi connectivity index (χ4n) is 2.51. The molecule has 1 amide bonds. The predicted molar refractivity (Wildman–Crippen MR) is 65.0 cm³/mol. The molecule has 0 bridgehead atoms. The summed E-state index contributed by atoms with van der Waals surface area (Å²) in [6.45, 7) is 0.852. The van der Waals surface area contributed by atoms with Crippen LogP contribution in [0.5, 0.6) is 0 Å². The number of halogens is 1. The van der Waals surface area contributed by atoms with Crippen LogP contribution in [0.2, 0.25) is 0 Å². The predicted octanol–water partition coefficient (Wildman–Crippen LogP) is 2.35. The third-order valence-corrected chi connectivity index (χ3v) is 3.64. The Morgan fingerprint density at radius 3 is 3.19 bits per heavy atom. The molecule has 2 aliphatic rings. The van der Waals surface area contributed by atoms with Crippen molar-refractivity contribution in [1.29, 1.82) is 0 Å². The lowest BCUT2D eigenvalue weighted by atomic mass is 10.1. The number of carbonyl (C=O) groups is 1. The highest BCUT2D eigenvalue weighted by atomic mass is 35.5. The zero-order chi connectivity index (χ0) is 11.1. The van der Waals surface area contributed by atoms with Crippen LogP contribution < -0.4 is 10.2 Å². The van der Waals surface area contributed by atoms with Crippen molar-refractivity contribution in [3.8, 4) is 0 Å². The lowest BCUT2D eigenvalue weighted by molar-refractivity contribution is -0.117. The summed E-state index contributed by atoms with van der Waals surface area (Å²) in [5, 5.41) is 3.38. The van der Waals surface area contributed by atoms with Crippen LogP contribution in [0.15, 0.2) is 18.2 Å². The smallest absolute Gasteiger partial charge is 0.227 e. The van der Waals surface area contributed by atoms with Crippen molar-refractivity contribution in [3.05, 3.63) is 23.8 Å². The van der Waals surface area contributed by atoms with E-state index in [1.54, 1.807) is 0 Å². The Labute approximate surface area is 99.4 Å². The number of anilines is 2. The number of nitrogens with one attached hydrogen (secondary N) is 1. The summed E-state index contributed by atoms with van der Waals surface area (Å²) in [5.41, 5.74) is 3.12. The minimum Gasteiger partial charge on any atom is -0.381 e. The first-order chi connectivity index (χ1) is 7.79. The molecule has 2 aliphatic heterocycles. The van der Waals surface area contributed by atoms with E-state index in [-0.39, 0.29) is 5.91 Å². The third-order valence-electron chi connectivity index (χ3n) is 3.33. The molecule has 16 heavy (non-hydrogen) atoms. The van der Waals surface area contributed by atoms with Gasteiger partial charge in [-0.25, -0.2) is 0 Å². The summed E-state index contributed by atoms with van der Waals surface area (Å²) in [5.74, 6) is 0.748. The fourth-order valence-corrected chi connectivity index (χ4v) is 2.68. The second-order valence-corrected chi connectivity index (χ2v) is 4.59. The van der Waals surface area contributed by atoms with Crippen LogP contribution in [0.1, 0.15) is 18.4 Å². The first kappa shape index (κ1) is 9.97. The number of benzene rings is 1. The molecule has 1 fully saturated rings. The van der Waals surface area contributed by atoms with Gasteiger partial charge in [-0.3, -0.25) is 4.79 Å². The summed E-state index contributed by atoms with van der Waals surface area (Å²) < 4.78 is 0. The van der Waals surface area contributed by atoms with Crippen molar-refractivity contribution in [2.45, 2.75) is 24.8 Å². The van der Waals surface area contributed by atoms with Gasteiger partial charge in [0.2, 0.25) is 5.91 Å². The minimum atomic E-state index is 0.242. The number of hydrogen-bond donors (Lipinski definition) is 1. The van der Waals surface area contributed by atoms with E-state index in [0.29, 0.717) is 18.3 Å². The highest BCUT2D eigenvalue weighted by Crippen LogP contribution is 2.37. The van der Waals surface area contributed by atoms with Gasteiger partial charge in [0, 0.05) is 18.8 Å². The van der Waals surface area contributed by atoms with Gasteiger partial charge in [-0.15, -0.1) is 11.6 Å². The van der Waals surface area contributed by atoms with Crippen molar-refractivity contribution >= 4 is 28.9 Å². The third kappa shape index (κ3) is 1.39. The molecule has 1 atom stereocenters. The number of rotatable bonds is 1. The average molecular weight is 237 g/mol.